The maximum atomic E-state index is 11.8. The van der Waals surface area contributed by atoms with Gasteiger partial charge < -0.3 is 14.2 Å². The molecule has 0 aromatic carbocycles. The molecule has 7 heteroatoms. The Balaban J connectivity index is 1.89. The van der Waals surface area contributed by atoms with E-state index < -0.39 is 5.97 Å². The average Bonchev–Trinajstić information content (AvgIpc) is 3.27. The lowest BCUT2D eigenvalue weighted by molar-refractivity contribution is 0.0187. The van der Waals surface area contributed by atoms with Gasteiger partial charge in [0.05, 0.1) is 24.5 Å². The minimum atomic E-state index is -0.897. The van der Waals surface area contributed by atoms with E-state index in [1.54, 1.807) is 10.7 Å². The van der Waals surface area contributed by atoms with Crippen LogP contribution < -0.4 is 0 Å². The van der Waals surface area contributed by atoms with Crippen LogP contribution >= 0.6 is 0 Å². The number of carboxylic acid groups (broad SMARTS) is 1. The summed E-state index contributed by atoms with van der Waals surface area (Å²) in [5, 5.41) is 14.2. The van der Waals surface area contributed by atoms with Gasteiger partial charge in [0.25, 0.3) is 0 Å². The SMILES string of the molecule is Cc1c(C(=O)O)cc2cc(-c3ccn(C)n3)cn2c1C(C)N1CCOCC1. The molecule has 1 unspecified atom stereocenters. The highest BCUT2D eigenvalue weighted by atomic mass is 16.5. The van der Waals surface area contributed by atoms with E-state index >= 15 is 0 Å². The number of carbonyl (C=O) groups is 1. The minimum absolute atomic E-state index is 0.0830. The highest BCUT2D eigenvalue weighted by Crippen LogP contribution is 2.31. The molecule has 0 amide bonds. The van der Waals surface area contributed by atoms with E-state index in [2.05, 4.69) is 27.5 Å². The number of ether oxygens (including phenoxy) is 1. The number of rotatable bonds is 4. The summed E-state index contributed by atoms with van der Waals surface area (Å²) in [5.41, 5.74) is 4.89. The summed E-state index contributed by atoms with van der Waals surface area (Å²) >= 11 is 0. The lowest BCUT2D eigenvalue weighted by Crippen LogP contribution is -2.39. The largest absolute Gasteiger partial charge is 0.478 e. The summed E-state index contributed by atoms with van der Waals surface area (Å²) in [7, 11) is 1.89. The number of aromatic nitrogens is 3. The zero-order valence-corrected chi connectivity index (χ0v) is 15.8. The average molecular weight is 368 g/mol. The van der Waals surface area contributed by atoms with Crippen LogP contribution in [-0.4, -0.2) is 56.5 Å². The summed E-state index contributed by atoms with van der Waals surface area (Å²) in [6.07, 6.45) is 3.96. The van der Waals surface area contributed by atoms with Crippen LogP contribution in [-0.2, 0) is 11.8 Å². The summed E-state index contributed by atoms with van der Waals surface area (Å²) in [4.78, 5) is 14.2. The number of aromatic carboxylic acids is 1. The zero-order chi connectivity index (χ0) is 19.1. The van der Waals surface area contributed by atoms with Gasteiger partial charge in [0.2, 0.25) is 0 Å². The quantitative estimate of drug-likeness (QED) is 0.767. The molecule has 1 fully saturated rings. The summed E-state index contributed by atoms with van der Waals surface area (Å²) in [6.45, 7) is 7.13. The van der Waals surface area contributed by atoms with E-state index in [1.807, 2.05) is 32.3 Å². The van der Waals surface area contributed by atoms with Crippen LogP contribution in [0.3, 0.4) is 0 Å². The Morgan fingerprint density at radius 3 is 2.67 bits per heavy atom. The fourth-order valence-electron chi connectivity index (χ4n) is 3.96. The number of carboxylic acids is 1. The zero-order valence-electron chi connectivity index (χ0n) is 15.8. The number of pyridine rings is 1. The predicted octanol–water partition coefficient (Wildman–Crippen LogP) is 2.74. The van der Waals surface area contributed by atoms with Gasteiger partial charge in [-0.1, -0.05) is 0 Å². The lowest BCUT2D eigenvalue weighted by Gasteiger charge is -2.33. The van der Waals surface area contributed by atoms with Gasteiger partial charge in [-0.15, -0.1) is 0 Å². The summed E-state index contributed by atoms with van der Waals surface area (Å²) < 4.78 is 9.36. The molecule has 4 rings (SSSR count). The molecular weight excluding hydrogens is 344 g/mol. The Morgan fingerprint density at radius 2 is 2.04 bits per heavy atom. The van der Waals surface area contributed by atoms with E-state index in [-0.39, 0.29) is 6.04 Å². The molecule has 1 aliphatic rings. The number of nitrogens with zero attached hydrogens (tertiary/aromatic N) is 4. The Kier molecular flexibility index (Phi) is 4.49. The first-order valence-electron chi connectivity index (χ1n) is 9.16. The van der Waals surface area contributed by atoms with Crippen LogP contribution in [0.5, 0.6) is 0 Å². The van der Waals surface area contributed by atoms with Crippen LogP contribution in [0.25, 0.3) is 16.8 Å². The topological polar surface area (TPSA) is 72.0 Å². The van der Waals surface area contributed by atoms with E-state index in [0.717, 1.165) is 41.1 Å². The molecule has 1 aliphatic heterocycles. The van der Waals surface area contributed by atoms with Crippen molar-refractivity contribution in [3.63, 3.8) is 0 Å². The molecule has 1 saturated heterocycles. The second-order valence-corrected chi connectivity index (χ2v) is 7.10. The maximum Gasteiger partial charge on any atom is 0.336 e. The van der Waals surface area contributed by atoms with Crippen molar-refractivity contribution in [2.45, 2.75) is 19.9 Å². The van der Waals surface area contributed by atoms with Crippen molar-refractivity contribution in [1.29, 1.82) is 0 Å². The van der Waals surface area contributed by atoms with Crippen LogP contribution in [0.15, 0.2) is 30.6 Å². The Labute approximate surface area is 157 Å². The summed E-state index contributed by atoms with van der Waals surface area (Å²) in [6, 6.07) is 5.80. The van der Waals surface area contributed by atoms with Crippen LogP contribution in [0.4, 0.5) is 0 Å². The number of fused-ring (bicyclic) bond motifs is 1. The smallest absolute Gasteiger partial charge is 0.336 e. The van der Waals surface area contributed by atoms with Gasteiger partial charge in [0, 0.05) is 55.3 Å². The molecule has 0 radical (unpaired) electrons. The second kappa shape index (κ2) is 6.83. The fourth-order valence-corrected chi connectivity index (χ4v) is 3.96. The molecule has 7 nitrogen and oxygen atoms in total. The van der Waals surface area contributed by atoms with Crippen LogP contribution in [0.2, 0.25) is 0 Å². The minimum Gasteiger partial charge on any atom is -0.478 e. The number of hydrogen-bond donors (Lipinski definition) is 1. The van der Waals surface area contributed by atoms with Gasteiger partial charge in [-0.05, 0) is 37.6 Å². The highest BCUT2D eigenvalue weighted by Gasteiger charge is 2.25. The van der Waals surface area contributed by atoms with Gasteiger partial charge in [-0.25, -0.2) is 4.79 Å². The third-order valence-corrected chi connectivity index (χ3v) is 5.42. The summed E-state index contributed by atoms with van der Waals surface area (Å²) in [5.74, 6) is -0.897. The standard InChI is InChI=1S/C20H24N4O3/c1-13-17(20(25)26)11-16-10-15(18-4-5-22(3)21-18)12-24(16)19(13)14(2)23-6-8-27-9-7-23/h4-5,10-12,14H,6-9H2,1-3H3,(H,25,26). The molecule has 3 aromatic heterocycles. The number of aryl methyl sites for hydroxylation is 1. The molecule has 0 bridgehead atoms. The Hall–Kier alpha value is -2.64. The number of hydrogen-bond acceptors (Lipinski definition) is 4. The van der Waals surface area contributed by atoms with Crippen molar-refractivity contribution in [2.24, 2.45) is 7.05 Å². The van der Waals surface area contributed by atoms with Crippen LogP contribution in [0.1, 0.15) is 34.6 Å². The lowest BCUT2D eigenvalue weighted by atomic mass is 10.0. The first-order valence-corrected chi connectivity index (χ1v) is 9.16. The maximum absolute atomic E-state index is 11.8. The van der Waals surface area contributed by atoms with E-state index in [9.17, 15) is 9.90 Å². The van der Waals surface area contributed by atoms with Crippen molar-refractivity contribution in [3.8, 4) is 11.3 Å². The molecule has 4 heterocycles. The van der Waals surface area contributed by atoms with Gasteiger partial charge >= 0.3 is 5.97 Å². The first kappa shape index (κ1) is 17.8. The molecule has 142 valence electrons. The highest BCUT2D eigenvalue weighted by molar-refractivity contribution is 5.91. The normalized spacial score (nSPS) is 16.7. The monoisotopic (exact) mass is 368 g/mol. The molecule has 3 aromatic rings. The molecule has 0 saturated carbocycles. The second-order valence-electron chi connectivity index (χ2n) is 7.10. The van der Waals surface area contributed by atoms with Crippen LogP contribution in [0, 0.1) is 6.92 Å². The molecule has 0 spiro atoms. The Bertz CT molecular complexity index is 998. The van der Waals surface area contributed by atoms with Crippen molar-refractivity contribution in [1.82, 2.24) is 19.1 Å². The molecule has 1 N–H and O–H groups in total. The van der Waals surface area contributed by atoms with Gasteiger partial charge in [-0.3, -0.25) is 9.58 Å². The fraction of sp³-hybridized carbons (Fsp3) is 0.400. The van der Waals surface area contributed by atoms with Gasteiger partial charge in [0.15, 0.2) is 0 Å². The van der Waals surface area contributed by atoms with Crippen molar-refractivity contribution in [2.75, 3.05) is 26.3 Å². The molecule has 0 aliphatic carbocycles. The van der Waals surface area contributed by atoms with Crippen molar-refractivity contribution in [3.05, 3.63) is 47.4 Å². The molecular formula is C20H24N4O3. The third-order valence-electron chi connectivity index (χ3n) is 5.42. The first-order chi connectivity index (χ1) is 13.0. The van der Waals surface area contributed by atoms with Gasteiger partial charge in [0.1, 0.15) is 0 Å². The van der Waals surface area contributed by atoms with E-state index in [0.29, 0.717) is 18.8 Å². The van der Waals surface area contributed by atoms with Gasteiger partial charge in [-0.2, -0.15) is 5.10 Å². The molecule has 1 atom stereocenters. The van der Waals surface area contributed by atoms with Crippen molar-refractivity contribution >= 4 is 11.5 Å². The third kappa shape index (κ3) is 3.13. The molecule has 27 heavy (non-hydrogen) atoms. The predicted molar refractivity (Wildman–Crippen MR) is 102 cm³/mol. The number of morpholine rings is 1. The van der Waals surface area contributed by atoms with Crippen molar-refractivity contribution < 1.29 is 14.6 Å². The Morgan fingerprint density at radius 1 is 1.30 bits per heavy atom. The van der Waals surface area contributed by atoms with E-state index in [1.165, 1.54) is 0 Å². The van der Waals surface area contributed by atoms with E-state index in [4.69, 9.17) is 4.74 Å².